The summed E-state index contributed by atoms with van der Waals surface area (Å²) in [5.74, 6) is 0. The molecule has 0 aliphatic heterocycles. The number of hydrogen-bond acceptors (Lipinski definition) is 1. The fourth-order valence-corrected chi connectivity index (χ4v) is 3.13. The first-order chi connectivity index (χ1) is 10.1. The predicted molar refractivity (Wildman–Crippen MR) is 90.8 cm³/mol. The van der Waals surface area contributed by atoms with Gasteiger partial charge in [-0.25, -0.2) is 0 Å². The third-order valence-electron chi connectivity index (χ3n) is 3.88. The van der Waals surface area contributed by atoms with Gasteiger partial charge in [-0.3, -0.25) is 0 Å². The standard InChI is InChI=1S/C19H18ClN/c1-13-9-10-17(18(20)11-13)19(21)12-15-7-4-6-14-5-2-3-8-16(14)15/h2-11,19H,12,21H2,1H3. The molecule has 2 N–H and O–H groups in total. The predicted octanol–water partition coefficient (Wildman–Crippen LogP) is 5.04. The fourth-order valence-electron chi connectivity index (χ4n) is 2.75. The van der Waals surface area contributed by atoms with Gasteiger partial charge in [-0.15, -0.1) is 0 Å². The van der Waals surface area contributed by atoms with Gasteiger partial charge in [0.1, 0.15) is 0 Å². The molecule has 0 aliphatic carbocycles. The van der Waals surface area contributed by atoms with E-state index in [1.165, 1.54) is 16.3 Å². The number of nitrogens with two attached hydrogens (primary N) is 1. The second-order valence-electron chi connectivity index (χ2n) is 5.47. The fraction of sp³-hybridized carbons (Fsp3) is 0.158. The van der Waals surface area contributed by atoms with Crippen LogP contribution in [0.1, 0.15) is 22.7 Å². The number of hydrogen-bond donors (Lipinski definition) is 1. The summed E-state index contributed by atoms with van der Waals surface area (Å²) < 4.78 is 0. The highest BCUT2D eigenvalue weighted by atomic mass is 35.5. The SMILES string of the molecule is Cc1ccc(C(N)Cc2cccc3ccccc23)c(Cl)c1. The van der Waals surface area contributed by atoms with Crippen LogP contribution in [0.2, 0.25) is 5.02 Å². The van der Waals surface area contributed by atoms with E-state index in [-0.39, 0.29) is 6.04 Å². The lowest BCUT2D eigenvalue weighted by Crippen LogP contribution is -2.14. The van der Waals surface area contributed by atoms with Crippen molar-refractivity contribution < 1.29 is 0 Å². The van der Waals surface area contributed by atoms with Crippen molar-refractivity contribution in [2.24, 2.45) is 5.73 Å². The number of fused-ring (bicyclic) bond motifs is 1. The van der Waals surface area contributed by atoms with E-state index in [0.29, 0.717) is 0 Å². The van der Waals surface area contributed by atoms with E-state index in [0.717, 1.165) is 22.6 Å². The van der Waals surface area contributed by atoms with E-state index in [1.807, 2.05) is 19.1 Å². The molecule has 0 aromatic heterocycles. The molecule has 0 saturated heterocycles. The lowest BCUT2D eigenvalue weighted by molar-refractivity contribution is 0.725. The first-order valence-electron chi connectivity index (χ1n) is 7.13. The van der Waals surface area contributed by atoms with E-state index in [2.05, 4.69) is 48.5 Å². The maximum Gasteiger partial charge on any atom is 0.0456 e. The summed E-state index contributed by atoms with van der Waals surface area (Å²) >= 11 is 6.33. The van der Waals surface area contributed by atoms with E-state index < -0.39 is 0 Å². The second-order valence-corrected chi connectivity index (χ2v) is 5.88. The number of halogens is 1. The van der Waals surface area contributed by atoms with Gasteiger partial charge >= 0.3 is 0 Å². The molecule has 2 heteroatoms. The zero-order valence-electron chi connectivity index (χ0n) is 12.0. The second kappa shape index (κ2) is 5.88. The van der Waals surface area contributed by atoms with Crippen LogP contribution in [0.15, 0.2) is 60.7 Å². The topological polar surface area (TPSA) is 26.0 Å². The van der Waals surface area contributed by atoms with Crippen LogP contribution in [0.5, 0.6) is 0 Å². The van der Waals surface area contributed by atoms with Gasteiger partial charge in [0.05, 0.1) is 0 Å². The summed E-state index contributed by atoms with van der Waals surface area (Å²) in [6, 6.07) is 20.7. The van der Waals surface area contributed by atoms with Gasteiger partial charge in [-0.2, -0.15) is 0 Å². The Kier molecular flexibility index (Phi) is 3.96. The Morgan fingerprint density at radius 2 is 1.76 bits per heavy atom. The third-order valence-corrected chi connectivity index (χ3v) is 4.20. The number of aryl methyl sites for hydroxylation is 1. The van der Waals surface area contributed by atoms with Crippen LogP contribution < -0.4 is 5.73 Å². The Labute approximate surface area is 130 Å². The van der Waals surface area contributed by atoms with Crippen LogP contribution >= 0.6 is 11.6 Å². The first kappa shape index (κ1) is 14.1. The van der Waals surface area contributed by atoms with Crippen molar-refractivity contribution in [3.05, 3.63) is 82.4 Å². The minimum Gasteiger partial charge on any atom is -0.324 e. The van der Waals surface area contributed by atoms with Crippen LogP contribution in [0, 0.1) is 6.92 Å². The molecule has 0 amide bonds. The molecule has 3 aromatic carbocycles. The molecule has 1 unspecified atom stereocenters. The van der Waals surface area contributed by atoms with Crippen molar-refractivity contribution in [3.63, 3.8) is 0 Å². The van der Waals surface area contributed by atoms with Crippen LogP contribution in [0.3, 0.4) is 0 Å². The van der Waals surface area contributed by atoms with Crippen LogP contribution in [0.4, 0.5) is 0 Å². The molecule has 0 heterocycles. The minimum absolute atomic E-state index is 0.0936. The molecule has 0 radical (unpaired) electrons. The quantitative estimate of drug-likeness (QED) is 0.719. The average Bonchev–Trinajstić information content (AvgIpc) is 2.47. The van der Waals surface area contributed by atoms with Crippen molar-refractivity contribution in [3.8, 4) is 0 Å². The summed E-state index contributed by atoms with van der Waals surface area (Å²) in [7, 11) is 0. The Balaban J connectivity index is 1.94. The Morgan fingerprint density at radius 1 is 1.00 bits per heavy atom. The molecule has 1 atom stereocenters. The monoisotopic (exact) mass is 295 g/mol. The molecular weight excluding hydrogens is 278 g/mol. The molecule has 0 aliphatic rings. The zero-order chi connectivity index (χ0) is 14.8. The van der Waals surface area contributed by atoms with Crippen molar-refractivity contribution in [2.75, 3.05) is 0 Å². The molecular formula is C19H18ClN. The van der Waals surface area contributed by atoms with E-state index in [4.69, 9.17) is 17.3 Å². The minimum atomic E-state index is -0.0936. The number of rotatable bonds is 3. The van der Waals surface area contributed by atoms with Crippen molar-refractivity contribution in [1.29, 1.82) is 0 Å². The van der Waals surface area contributed by atoms with Crippen molar-refractivity contribution >= 4 is 22.4 Å². The van der Waals surface area contributed by atoms with Crippen LogP contribution in [-0.4, -0.2) is 0 Å². The molecule has 0 saturated carbocycles. The Bertz CT molecular complexity index is 774. The Hall–Kier alpha value is -1.83. The van der Waals surface area contributed by atoms with Crippen LogP contribution in [0.25, 0.3) is 10.8 Å². The van der Waals surface area contributed by atoms with Gasteiger partial charge in [0.15, 0.2) is 0 Å². The van der Waals surface area contributed by atoms with Gasteiger partial charge in [0.2, 0.25) is 0 Å². The highest BCUT2D eigenvalue weighted by Crippen LogP contribution is 2.27. The molecule has 106 valence electrons. The van der Waals surface area contributed by atoms with E-state index >= 15 is 0 Å². The number of benzene rings is 3. The molecule has 0 bridgehead atoms. The first-order valence-corrected chi connectivity index (χ1v) is 7.51. The van der Waals surface area contributed by atoms with Gasteiger partial charge in [0.25, 0.3) is 0 Å². The average molecular weight is 296 g/mol. The van der Waals surface area contributed by atoms with Crippen LogP contribution in [-0.2, 0) is 6.42 Å². The van der Waals surface area contributed by atoms with Gasteiger partial charge in [-0.05, 0) is 46.9 Å². The summed E-state index contributed by atoms with van der Waals surface area (Å²) in [6.45, 7) is 2.03. The highest BCUT2D eigenvalue weighted by Gasteiger charge is 2.12. The highest BCUT2D eigenvalue weighted by molar-refractivity contribution is 6.31. The van der Waals surface area contributed by atoms with Crippen molar-refractivity contribution in [2.45, 2.75) is 19.4 Å². The summed E-state index contributed by atoms with van der Waals surface area (Å²) in [6.07, 6.45) is 0.782. The van der Waals surface area contributed by atoms with E-state index in [9.17, 15) is 0 Å². The molecule has 0 fully saturated rings. The molecule has 3 aromatic rings. The van der Waals surface area contributed by atoms with E-state index in [1.54, 1.807) is 0 Å². The normalized spacial score (nSPS) is 12.5. The Morgan fingerprint density at radius 3 is 2.57 bits per heavy atom. The summed E-state index contributed by atoms with van der Waals surface area (Å²) in [5.41, 5.74) is 9.81. The smallest absolute Gasteiger partial charge is 0.0456 e. The molecule has 3 rings (SSSR count). The largest absolute Gasteiger partial charge is 0.324 e. The summed E-state index contributed by atoms with van der Waals surface area (Å²) in [4.78, 5) is 0. The molecule has 21 heavy (non-hydrogen) atoms. The zero-order valence-corrected chi connectivity index (χ0v) is 12.8. The maximum atomic E-state index is 6.38. The summed E-state index contributed by atoms with van der Waals surface area (Å²) in [5, 5.41) is 3.26. The lowest BCUT2D eigenvalue weighted by Gasteiger charge is -2.16. The van der Waals surface area contributed by atoms with Gasteiger partial charge in [-0.1, -0.05) is 66.2 Å². The molecule has 1 nitrogen and oxygen atoms in total. The third kappa shape index (κ3) is 2.94. The lowest BCUT2D eigenvalue weighted by atomic mass is 9.95. The maximum absolute atomic E-state index is 6.38. The van der Waals surface area contributed by atoms with Gasteiger partial charge in [0, 0.05) is 11.1 Å². The molecule has 0 spiro atoms. The van der Waals surface area contributed by atoms with Crippen molar-refractivity contribution in [1.82, 2.24) is 0 Å². The van der Waals surface area contributed by atoms with Gasteiger partial charge < -0.3 is 5.73 Å².